The Kier molecular flexibility index (Phi) is 3.48. The Hall–Kier alpha value is -1.68. The minimum absolute atomic E-state index is 0.338. The monoisotopic (exact) mass is 266 g/mol. The van der Waals surface area contributed by atoms with E-state index in [-0.39, 0.29) is 0 Å². The first-order chi connectivity index (χ1) is 8.54. The zero-order valence-electron chi connectivity index (χ0n) is 10.3. The molecule has 0 atom stereocenters. The molecular formula is C13H12ClFN2O. The molecule has 0 radical (unpaired) electrons. The maximum atomic E-state index is 14.0. The maximum absolute atomic E-state index is 14.0. The molecule has 0 amide bonds. The van der Waals surface area contributed by atoms with E-state index in [1.165, 1.54) is 13.2 Å². The molecular weight excluding hydrogens is 255 g/mol. The first-order valence-electron chi connectivity index (χ1n) is 5.38. The van der Waals surface area contributed by atoms with Gasteiger partial charge in [0.05, 0.1) is 12.8 Å². The van der Waals surface area contributed by atoms with Gasteiger partial charge < -0.3 is 4.74 Å². The molecule has 0 bridgehead atoms. The number of benzene rings is 1. The van der Waals surface area contributed by atoms with Crippen molar-refractivity contribution in [1.29, 1.82) is 0 Å². The van der Waals surface area contributed by atoms with Crippen molar-refractivity contribution in [2.45, 2.75) is 13.8 Å². The molecule has 3 nitrogen and oxygen atoms in total. The van der Waals surface area contributed by atoms with Gasteiger partial charge >= 0.3 is 0 Å². The molecule has 0 aliphatic carbocycles. The zero-order chi connectivity index (χ0) is 13.3. The van der Waals surface area contributed by atoms with Gasteiger partial charge in [-0.1, -0.05) is 11.6 Å². The molecule has 94 valence electrons. The van der Waals surface area contributed by atoms with Crippen molar-refractivity contribution in [2.24, 2.45) is 0 Å². The molecule has 18 heavy (non-hydrogen) atoms. The number of aromatic nitrogens is 2. The molecule has 1 aromatic heterocycles. The van der Waals surface area contributed by atoms with Crippen molar-refractivity contribution >= 4 is 11.6 Å². The maximum Gasteiger partial charge on any atom is 0.154 e. The van der Waals surface area contributed by atoms with E-state index < -0.39 is 5.82 Å². The van der Waals surface area contributed by atoms with Crippen LogP contribution in [0.1, 0.15) is 11.1 Å². The molecule has 0 aliphatic heterocycles. The normalized spacial score (nSPS) is 10.5. The topological polar surface area (TPSA) is 35.0 Å². The van der Waals surface area contributed by atoms with Crippen molar-refractivity contribution in [3.05, 3.63) is 40.3 Å². The molecule has 0 saturated carbocycles. The standard InChI is InChI=1S/C13H12ClFN2O/c1-7-8(2)13(14)17-16-12(7)10-5-4-9(18-3)6-11(10)15/h4-6H,1-3H3. The van der Waals surface area contributed by atoms with Crippen molar-refractivity contribution < 1.29 is 9.13 Å². The van der Waals surface area contributed by atoms with Crippen LogP contribution in [0.25, 0.3) is 11.3 Å². The van der Waals surface area contributed by atoms with E-state index in [0.717, 1.165) is 11.1 Å². The number of hydrogen-bond acceptors (Lipinski definition) is 3. The van der Waals surface area contributed by atoms with Gasteiger partial charge in [0.2, 0.25) is 0 Å². The molecule has 0 saturated heterocycles. The molecule has 0 aliphatic rings. The van der Waals surface area contributed by atoms with Gasteiger partial charge in [0.25, 0.3) is 0 Å². The quantitative estimate of drug-likeness (QED) is 0.834. The molecule has 5 heteroatoms. The highest BCUT2D eigenvalue weighted by atomic mass is 35.5. The lowest BCUT2D eigenvalue weighted by molar-refractivity contribution is 0.411. The van der Waals surface area contributed by atoms with Crippen LogP contribution in [-0.4, -0.2) is 17.3 Å². The predicted octanol–water partition coefficient (Wildman–Crippen LogP) is 3.56. The second-order valence-electron chi connectivity index (χ2n) is 3.94. The minimum atomic E-state index is -0.395. The average Bonchev–Trinajstić information content (AvgIpc) is 2.37. The molecule has 0 unspecified atom stereocenters. The highest BCUT2D eigenvalue weighted by molar-refractivity contribution is 6.30. The van der Waals surface area contributed by atoms with E-state index in [0.29, 0.717) is 22.2 Å². The zero-order valence-corrected chi connectivity index (χ0v) is 11.0. The van der Waals surface area contributed by atoms with Crippen LogP contribution in [-0.2, 0) is 0 Å². The number of hydrogen-bond donors (Lipinski definition) is 0. The largest absolute Gasteiger partial charge is 0.497 e. The number of rotatable bonds is 2. The summed E-state index contributed by atoms with van der Waals surface area (Å²) in [5.41, 5.74) is 2.51. The summed E-state index contributed by atoms with van der Waals surface area (Å²) >= 11 is 5.87. The fraction of sp³-hybridized carbons (Fsp3) is 0.231. The fourth-order valence-corrected chi connectivity index (χ4v) is 1.83. The molecule has 0 fully saturated rings. The predicted molar refractivity (Wildman–Crippen MR) is 68.5 cm³/mol. The number of ether oxygens (including phenoxy) is 1. The lowest BCUT2D eigenvalue weighted by atomic mass is 10.0. The molecule has 2 rings (SSSR count). The summed E-state index contributed by atoms with van der Waals surface area (Å²) < 4.78 is 18.9. The SMILES string of the molecule is COc1ccc(-c2nnc(Cl)c(C)c2C)c(F)c1. The number of methoxy groups -OCH3 is 1. The van der Waals surface area contributed by atoms with Crippen molar-refractivity contribution in [2.75, 3.05) is 7.11 Å². The summed E-state index contributed by atoms with van der Waals surface area (Å²) in [5, 5.41) is 8.12. The van der Waals surface area contributed by atoms with Gasteiger partial charge in [-0.25, -0.2) is 4.39 Å². The summed E-state index contributed by atoms with van der Waals surface area (Å²) in [6, 6.07) is 4.63. The second-order valence-corrected chi connectivity index (χ2v) is 4.29. The summed E-state index contributed by atoms with van der Waals surface area (Å²) in [4.78, 5) is 0. The second kappa shape index (κ2) is 4.90. The average molecular weight is 267 g/mol. The number of halogens is 2. The van der Waals surface area contributed by atoms with Gasteiger partial charge in [0.1, 0.15) is 11.6 Å². The van der Waals surface area contributed by atoms with Crippen LogP contribution in [0.15, 0.2) is 18.2 Å². The molecule has 0 N–H and O–H groups in total. The van der Waals surface area contributed by atoms with Crippen molar-refractivity contribution in [3.8, 4) is 17.0 Å². The Labute approximate surface area is 110 Å². The van der Waals surface area contributed by atoms with E-state index in [2.05, 4.69) is 10.2 Å². The lowest BCUT2D eigenvalue weighted by Gasteiger charge is -2.09. The van der Waals surface area contributed by atoms with Crippen molar-refractivity contribution in [3.63, 3.8) is 0 Å². The van der Waals surface area contributed by atoms with E-state index in [4.69, 9.17) is 16.3 Å². The minimum Gasteiger partial charge on any atom is -0.497 e. The van der Waals surface area contributed by atoms with Crippen LogP contribution < -0.4 is 4.74 Å². The van der Waals surface area contributed by atoms with Crippen LogP contribution in [0.5, 0.6) is 5.75 Å². The summed E-state index contributed by atoms with van der Waals surface area (Å²) in [6.45, 7) is 3.67. The molecule has 0 spiro atoms. The first kappa shape index (κ1) is 12.8. The Morgan fingerprint density at radius 1 is 1.17 bits per heavy atom. The van der Waals surface area contributed by atoms with Gasteiger partial charge in [0, 0.05) is 11.6 Å². The summed E-state index contributed by atoms with van der Waals surface area (Å²) in [7, 11) is 1.49. The van der Waals surface area contributed by atoms with Crippen LogP contribution in [0, 0.1) is 19.7 Å². The lowest BCUT2D eigenvalue weighted by Crippen LogP contribution is -1.98. The molecule has 1 aromatic carbocycles. The third-order valence-corrected chi connectivity index (χ3v) is 3.26. The van der Waals surface area contributed by atoms with E-state index in [1.54, 1.807) is 12.1 Å². The highest BCUT2D eigenvalue weighted by Crippen LogP contribution is 2.29. The number of nitrogens with zero attached hydrogens (tertiary/aromatic N) is 2. The van der Waals surface area contributed by atoms with Crippen molar-refractivity contribution in [1.82, 2.24) is 10.2 Å². The van der Waals surface area contributed by atoms with Gasteiger partial charge in [-0.15, -0.1) is 10.2 Å². The summed E-state index contributed by atoms with van der Waals surface area (Å²) in [5.74, 6) is 0.0704. The first-order valence-corrected chi connectivity index (χ1v) is 5.75. The van der Waals surface area contributed by atoms with E-state index >= 15 is 0 Å². The highest BCUT2D eigenvalue weighted by Gasteiger charge is 2.14. The van der Waals surface area contributed by atoms with Crippen LogP contribution in [0.4, 0.5) is 4.39 Å². The molecule has 2 aromatic rings. The Morgan fingerprint density at radius 2 is 1.89 bits per heavy atom. The third-order valence-electron chi connectivity index (χ3n) is 2.90. The van der Waals surface area contributed by atoms with Gasteiger partial charge in [-0.3, -0.25) is 0 Å². The third kappa shape index (κ3) is 2.16. The smallest absolute Gasteiger partial charge is 0.154 e. The Bertz CT molecular complexity index is 602. The van der Waals surface area contributed by atoms with Gasteiger partial charge in [0.15, 0.2) is 5.15 Å². The van der Waals surface area contributed by atoms with Crippen LogP contribution in [0.2, 0.25) is 5.15 Å². The van der Waals surface area contributed by atoms with Gasteiger partial charge in [-0.2, -0.15) is 0 Å². The summed E-state index contributed by atoms with van der Waals surface area (Å²) in [6.07, 6.45) is 0. The van der Waals surface area contributed by atoms with Crippen LogP contribution in [0.3, 0.4) is 0 Å². The van der Waals surface area contributed by atoms with E-state index in [9.17, 15) is 4.39 Å². The van der Waals surface area contributed by atoms with E-state index in [1.807, 2.05) is 13.8 Å². The Balaban J connectivity index is 2.59. The fourth-order valence-electron chi connectivity index (χ4n) is 1.65. The molecule has 1 heterocycles. The van der Waals surface area contributed by atoms with Crippen LogP contribution >= 0.6 is 11.6 Å². The van der Waals surface area contributed by atoms with Gasteiger partial charge in [-0.05, 0) is 37.1 Å². The Morgan fingerprint density at radius 3 is 2.50 bits per heavy atom.